The standard InChI is InChI=1S/C10H18N2O2/c1-6(11)10(14)12-7-2-3-8(12)5-9(13)4-7/h6-9,13H,2-5,11H2,1H3/t6-,7?,8?,9?/m0/s1. The van der Waals surface area contributed by atoms with E-state index in [9.17, 15) is 9.90 Å². The molecule has 2 aliphatic rings. The highest BCUT2D eigenvalue weighted by atomic mass is 16.3. The number of nitrogens with zero attached hydrogens (tertiary/aromatic N) is 1. The molecule has 80 valence electrons. The second-order valence-electron chi connectivity index (χ2n) is 4.54. The van der Waals surface area contributed by atoms with Crippen LogP contribution in [0.15, 0.2) is 0 Å². The highest BCUT2D eigenvalue weighted by Gasteiger charge is 2.43. The Labute approximate surface area is 84.1 Å². The molecule has 2 fully saturated rings. The molecule has 0 saturated carbocycles. The number of hydrogen-bond acceptors (Lipinski definition) is 3. The molecule has 0 aliphatic carbocycles. The molecule has 2 heterocycles. The van der Waals surface area contributed by atoms with E-state index in [1.165, 1.54) is 0 Å². The average molecular weight is 198 g/mol. The van der Waals surface area contributed by atoms with Crippen LogP contribution in [0.25, 0.3) is 0 Å². The molecule has 3 atom stereocenters. The van der Waals surface area contributed by atoms with Gasteiger partial charge in [-0.25, -0.2) is 0 Å². The summed E-state index contributed by atoms with van der Waals surface area (Å²) < 4.78 is 0. The van der Waals surface area contributed by atoms with E-state index in [1.54, 1.807) is 6.92 Å². The largest absolute Gasteiger partial charge is 0.393 e. The lowest BCUT2D eigenvalue weighted by Crippen LogP contribution is -2.52. The van der Waals surface area contributed by atoms with Crippen molar-refractivity contribution in [1.29, 1.82) is 0 Å². The summed E-state index contributed by atoms with van der Waals surface area (Å²) in [4.78, 5) is 13.7. The van der Waals surface area contributed by atoms with E-state index in [4.69, 9.17) is 5.73 Å². The third-order valence-corrected chi connectivity index (χ3v) is 3.35. The number of piperidine rings is 1. The second-order valence-corrected chi connectivity index (χ2v) is 4.54. The average Bonchev–Trinajstić information content (AvgIpc) is 2.37. The van der Waals surface area contributed by atoms with Gasteiger partial charge in [0.05, 0.1) is 12.1 Å². The number of carbonyl (C=O) groups excluding carboxylic acids is 1. The predicted molar refractivity (Wildman–Crippen MR) is 52.5 cm³/mol. The first-order chi connectivity index (χ1) is 6.59. The van der Waals surface area contributed by atoms with Gasteiger partial charge in [0.25, 0.3) is 0 Å². The quantitative estimate of drug-likeness (QED) is 0.615. The van der Waals surface area contributed by atoms with Gasteiger partial charge in [0.1, 0.15) is 0 Å². The number of carbonyl (C=O) groups is 1. The number of hydrogen-bond donors (Lipinski definition) is 2. The molecule has 4 nitrogen and oxygen atoms in total. The van der Waals surface area contributed by atoms with Crippen molar-refractivity contribution in [2.45, 2.75) is 56.8 Å². The Morgan fingerprint density at radius 3 is 2.36 bits per heavy atom. The van der Waals surface area contributed by atoms with Gasteiger partial charge in [-0.2, -0.15) is 0 Å². The minimum atomic E-state index is -0.409. The van der Waals surface area contributed by atoms with Gasteiger partial charge in [0.2, 0.25) is 5.91 Å². The van der Waals surface area contributed by atoms with Crippen LogP contribution in [0, 0.1) is 0 Å². The minimum absolute atomic E-state index is 0.0457. The zero-order valence-corrected chi connectivity index (χ0v) is 8.52. The summed E-state index contributed by atoms with van der Waals surface area (Å²) in [6.07, 6.45) is 3.30. The van der Waals surface area contributed by atoms with Gasteiger partial charge in [-0.05, 0) is 32.6 Å². The second kappa shape index (κ2) is 3.51. The van der Waals surface area contributed by atoms with E-state index in [-0.39, 0.29) is 24.1 Å². The van der Waals surface area contributed by atoms with Crippen LogP contribution in [0.5, 0.6) is 0 Å². The Balaban J connectivity index is 2.11. The minimum Gasteiger partial charge on any atom is -0.393 e. The summed E-state index contributed by atoms with van der Waals surface area (Å²) >= 11 is 0. The topological polar surface area (TPSA) is 66.6 Å². The summed E-state index contributed by atoms with van der Waals surface area (Å²) in [6, 6.07) is 0.0674. The first-order valence-electron chi connectivity index (χ1n) is 5.35. The van der Waals surface area contributed by atoms with Crippen LogP contribution in [0.3, 0.4) is 0 Å². The maximum Gasteiger partial charge on any atom is 0.239 e. The Morgan fingerprint density at radius 1 is 1.43 bits per heavy atom. The monoisotopic (exact) mass is 198 g/mol. The van der Waals surface area contributed by atoms with Gasteiger partial charge in [-0.3, -0.25) is 4.79 Å². The van der Waals surface area contributed by atoms with Gasteiger partial charge in [-0.15, -0.1) is 0 Å². The fraction of sp³-hybridized carbons (Fsp3) is 0.900. The number of aliphatic hydroxyl groups excluding tert-OH is 1. The van der Waals surface area contributed by atoms with Crippen LogP contribution >= 0.6 is 0 Å². The third kappa shape index (κ3) is 1.53. The molecule has 0 aromatic carbocycles. The summed E-state index contributed by atoms with van der Waals surface area (Å²) in [6.45, 7) is 1.73. The molecule has 4 heteroatoms. The zero-order valence-electron chi connectivity index (χ0n) is 8.52. The van der Waals surface area contributed by atoms with Crippen LogP contribution in [0.2, 0.25) is 0 Å². The van der Waals surface area contributed by atoms with E-state index in [2.05, 4.69) is 0 Å². The van der Waals surface area contributed by atoms with Crippen LogP contribution in [0.4, 0.5) is 0 Å². The smallest absolute Gasteiger partial charge is 0.239 e. The van der Waals surface area contributed by atoms with Crippen LogP contribution in [-0.4, -0.2) is 40.1 Å². The van der Waals surface area contributed by atoms with Gasteiger partial charge in [0, 0.05) is 12.1 Å². The lowest BCUT2D eigenvalue weighted by atomic mass is 9.99. The highest BCUT2D eigenvalue weighted by molar-refractivity contribution is 5.82. The van der Waals surface area contributed by atoms with E-state index in [1.807, 2.05) is 4.90 Å². The van der Waals surface area contributed by atoms with Crippen molar-refractivity contribution >= 4 is 5.91 Å². The highest BCUT2D eigenvalue weighted by Crippen LogP contribution is 2.35. The SMILES string of the molecule is C[C@H](N)C(=O)N1C2CCC1CC(O)C2. The molecule has 2 bridgehead atoms. The van der Waals surface area contributed by atoms with Crippen molar-refractivity contribution in [3.8, 4) is 0 Å². The van der Waals surface area contributed by atoms with Crippen molar-refractivity contribution in [3.05, 3.63) is 0 Å². The molecule has 0 radical (unpaired) electrons. The Hall–Kier alpha value is -0.610. The van der Waals surface area contributed by atoms with Crippen molar-refractivity contribution in [2.24, 2.45) is 5.73 Å². The fourth-order valence-electron chi connectivity index (χ4n) is 2.74. The molecule has 0 aromatic rings. The molecule has 3 N–H and O–H groups in total. The normalized spacial score (nSPS) is 38.5. The molecule has 0 spiro atoms. The van der Waals surface area contributed by atoms with Crippen molar-refractivity contribution < 1.29 is 9.90 Å². The molecular formula is C10H18N2O2. The van der Waals surface area contributed by atoms with E-state index in [0.717, 1.165) is 25.7 Å². The molecule has 1 amide bonds. The number of nitrogens with two attached hydrogens (primary N) is 1. The van der Waals surface area contributed by atoms with Crippen molar-refractivity contribution in [1.82, 2.24) is 4.90 Å². The summed E-state index contributed by atoms with van der Waals surface area (Å²) in [5.74, 6) is 0.0457. The molecule has 2 rings (SSSR count). The number of fused-ring (bicyclic) bond motifs is 2. The molecule has 14 heavy (non-hydrogen) atoms. The zero-order chi connectivity index (χ0) is 10.3. The summed E-state index contributed by atoms with van der Waals surface area (Å²) in [5.41, 5.74) is 5.60. The number of aliphatic hydroxyl groups is 1. The third-order valence-electron chi connectivity index (χ3n) is 3.35. The molecular weight excluding hydrogens is 180 g/mol. The summed E-state index contributed by atoms with van der Waals surface area (Å²) in [7, 11) is 0. The van der Waals surface area contributed by atoms with Crippen molar-refractivity contribution in [2.75, 3.05) is 0 Å². The van der Waals surface area contributed by atoms with E-state index >= 15 is 0 Å². The number of rotatable bonds is 1. The predicted octanol–water partition coefficient (Wildman–Crippen LogP) is -0.152. The first kappa shape index (κ1) is 9.93. The molecule has 0 aromatic heterocycles. The van der Waals surface area contributed by atoms with E-state index < -0.39 is 6.04 Å². The Kier molecular flexibility index (Phi) is 2.49. The first-order valence-corrected chi connectivity index (χ1v) is 5.35. The maximum absolute atomic E-state index is 11.8. The van der Waals surface area contributed by atoms with Gasteiger partial charge < -0.3 is 15.7 Å². The fourth-order valence-corrected chi connectivity index (χ4v) is 2.74. The van der Waals surface area contributed by atoms with Gasteiger partial charge >= 0.3 is 0 Å². The van der Waals surface area contributed by atoms with Gasteiger partial charge in [0.15, 0.2) is 0 Å². The molecule has 2 unspecified atom stereocenters. The van der Waals surface area contributed by atoms with Crippen LogP contribution < -0.4 is 5.73 Å². The Bertz CT molecular complexity index is 228. The maximum atomic E-state index is 11.8. The lowest BCUT2D eigenvalue weighted by molar-refractivity contribution is -0.138. The van der Waals surface area contributed by atoms with Crippen LogP contribution in [0.1, 0.15) is 32.6 Å². The Morgan fingerprint density at radius 2 is 1.93 bits per heavy atom. The number of amides is 1. The summed E-state index contributed by atoms with van der Waals surface area (Å²) in [5, 5.41) is 9.56. The van der Waals surface area contributed by atoms with Crippen LogP contribution in [-0.2, 0) is 4.79 Å². The molecule has 2 aliphatic heterocycles. The lowest BCUT2D eigenvalue weighted by Gasteiger charge is -2.38. The van der Waals surface area contributed by atoms with Crippen molar-refractivity contribution in [3.63, 3.8) is 0 Å². The molecule has 2 saturated heterocycles. The van der Waals surface area contributed by atoms with Gasteiger partial charge in [-0.1, -0.05) is 0 Å². The van der Waals surface area contributed by atoms with E-state index in [0.29, 0.717) is 0 Å².